The summed E-state index contributed by atoms with van der Waals surface area (Å²) in [6.07, 6.45) is 6.98. The molecule has 1 aromatic heterocycles. The Morgan fingerprint density at radius 1 is 0.933 bits per heavy atom. The first-order valence-corrected chi connectivity index (χ1v) is 10.5. The minimum absolute atomic E-state index is 0.102. The minimum atomic E-state index is -0.148. The molecular formula is C26H23N3O. The summed E-state index contributed by atoms with van der Waals surface area (Å²) < 4.78 is 0. The van der Waals surface area contributed by atoms with Gasteiger partial charge < -0.3 is 0 Å². The number of rotatable bonds is 3. The van der Waals surface area contributed by atoms with Crippen molar-refractivity contribution in [2.24, 2.45) is 11.0 Å². The van der Waals surface area contributed by atoms with E-state index in [1.807, 2.05) is 48.5 Å². The lowest BCUT2D eigenvalue weighted by Gasteiger charge is -2.29. The smallest absolute Gasteiger partial charge is 0.265 e. The summed E-state index contributed by atoms with van der Waals surface area (Å²) in [6, 6.07) is 25.9. The molecule has 0 radical (unpaired) electrons. The predicted octanol–water partition coefficient (Wildman–Crippen LogP) is 5.52. The Bertz CT molecular complexity index is 1090. The summed E-state index contributed by atoms with van der Waals surface area (Å²) in [6.45, 7) is 0. The molecule has 1 saturated carbocycles. The van der Waals surface area contributed by atoms with Crippen LogP contribution in [0.1, 0.15) is 46.9 Å². The van der Waals surface area contributed by atoms with Gasteiger partial charge in [0.2, 0.25) is 0 Å². The molecule has 1 aliphatic heterocycles. The molecular weight excluding hydrogens is 370 g/mol. The Labute approximate surface area is 176 Å². The molecule has 0 saturated heterocycles. The van der Waals surface area contributed by atoms with Crippen molar-refractivity contribution in [2.45, 2.75) is 25.3 Å². The summed E-state index contributed by atoms with van der Waals surface area (Å²) in [7, 11) is 0. The number of carbonyl (C=O) groups excluding carboxylic acids is 1. The zero-order valence-electron chi connectivity index (χ0n) is 16.7. The predicted molar refractivity (Wildman–Crippen MR) is 119 cm³/mol. The first kappa shape index (κ1) is 18.5. The average molecular weight is 393 g/mol. The van der Waals surface area contributed by atoms with Crippen LogP contribution in [0, 0.1) is 5.92 Å². The molecule has 0 unspecified atom stereocenters. The van der Waals surface area contributed by atoms with Crippen molar-refractivity contribution in [2.75, 3.05) is 0 Å². The van der Waals surface area contributed by atoms with Crippen molar-refractivity contribution in [3.05, 3.63) is 107 Å². The number of benzene rings is 2. The fraction of sp³-hybridized carbons (Fsp3) is 0.192. The quantitative estimate of drug-likeness (QED) is 0.588. The van der Waals surface area contributed by atoms with E-state index in [0.717, 1.165) is 30.5 Å². The lowest BCUT2D eigenvalue weighted by molar-refractivity contribution is 0.0675. The third kappa shape index (κ3) is 3.45. The third-order valence-corrected chi connectivity index (χ3v) is 5.88. The number of pyridine rings is 1. The van der Waals surface area contributed by atoms with Crippen LogP contribution in [0.5, 0.6) is 0 Å². The topological polar surface area (TPSA) is 45.6 Å². The highest BCUT2D eigenvalue weighted by molar-refractivity contribution is 6.09. The van der Waals surface area contributed by atoms with Gasteiger partial charge in [-0.15, -0.1) is 0 Å². The highest BCUT2D eigenvalue weighted by atomic mass is 16.2. The Hall–Kier alpha value is -3.53. The van der Waals surface area contributed by atoms with Crippen LogP contribution in [-0.2, 0) is 0 Å². The Balaban J connectivity index is 1.58. The summed E-state index contributed by atoms with van der Waals surface area (Å²) in [4.78, 5) is 17.7. The van der Waals surface area contributed by atoms with E-state index in [1.54, 1.807) is 17.3 Å². The van der Waals surface area contributed by atoms with Crippen LogP contribution in [0.4, 0.5) is 0 Å². The van der Waals surface area contributed by atoms with Crippen molar-refractivity contribution in [1.82, 2.24) is 9.99 Å². The molecule has 148 valence electrons. The van der Waals surface area contributed by atoms with E-state index < -0.39 is 0 Å². The number of carbonyl (C=O) groups is 1. The standard InChI is InChI=1S/C26H23N3O/c30-26(23-16-7-8-17-27-23)29-25(20-12-5-2-6-13-20)22-15-9-14-21(24(22)28-29)18-19-10-3-1-4-11-19/h1-8,10-13,16-18,22,25H,9,14-15H2/b21-18-/t22-,25-/m0/s1. The van der Waals surface area contributed by atoms with Crippen molar-refractivity contribution in [3.8, 4) is 0 Å². The Morgan fingerprint density at radius 3 is 2.40 bits per heavy atom. The number of nitrogens with zero attached hydrogens (tertiary/aromatic N) is 3. The van der Waals surface area contributed by atoms with Gasteiger partial charge in [0.1, 0.15) is 5.69 Å². The molecule has 30 heavy (non-hydrogen) atoms. The number of hydrazone groups is 1. The monoisotopic (exact) mass is 393 g/mol. The number of allylic oxidation sites excluding steroid dienone is 1. The van der Waals surface area contributed by atoms with Crippen molar-refractivity contribution in [3.63, 3.8) is 0 Å². The summed E-state index contributed by atoms with van der Waals surface area (Å²) in [5.41, 5.74) is 4.99. The zero-order chi connectivity index (χ0) is 20.3. The summed E-state index contributed by atoms with van der Waals surface area (Å²) >= 11 is 0. The van der Waals surface area contributed by atoms with Crippen molar-refractivity contribution < 1.29 is 4.79 Å². The number of fused-ring (bicyclic) bond motifs is 1. The first-order chi connectivity index (χ1) is 14.8. The van der Waals surface area contributed by atoms with Crippen LogP contribution < -0.4 is 0 Å². The van der Waals surface area contributed by atoms with E-state index in [-0.39, 0.29) is 17.9 Å². The van der Waals surface area contributed by atoms with Crippen LogP contribution >= 0.6 is 0 Å². The molecule has 2 aliphatic rings. The highest BCUT2D eigenvalue weighted by Gasteiger charge is 2.44. The lowest BCUT2D eigenvalue weighted by Crippen LogP contribution is -2.32. The van der Waals surface area contributed by atoms with E-state index in [9.17, 15) is 4.79 Å². The summed E-state index contributed by atoms with van der Waals surface area (Å²) in [5, 5.41) is 6.58. The SMILES string of the molecule is O=C(c1ccccn1)N1N=C2/C(=C\c3ccccc3)CCC[C@@H]2[C@@H]1c1ccccc1. The average Bonchev–Trinajstić information content (AvgIpc) is 3.21. The molecule has 1 aliphatic carbocycles. The Kier molecular flexibility index (Phi) is 4.98. The molecule has 1 fully saturated rings. The molecule has 0 N–H and O–H groups in total. The number of amides is 1. The molecule has 2 heterocycles. The van der Waals surface area contributed by atoms with Crippen LogP contribution in [0.15, 0.2) is 95.7 Å². The molecule has 3 aromatic rings. The molecule has 1 amide bonds. The fourth-order valence-electron chi connectivity index (χ4n) is 4.51. The Morgan fingerprint density at radius 2 is 1.67 bits per heavy atom. The van der Waals surface area contributed by atoms with Gasteiger partial charge in [0.15, 0.2) is 0 Å². The van der Waals surface area contributed by atoms with E-state index in [0.29, 0.717) is 5.69 Å². The van der Waals surface area contributed by atoms with Gasteiger partial charge in [-0.25, -0.2) is 5.01 Å². The van der Waals surface area contributed by atoms with Gasteiger partial charge in [0, 0.05) is 12.1 Å². The zero-order valence-corrected chi connectivity index (χ0v) is 16.7. The van der Waals surface area contributed by atoms with Crippen LogP contribution in [0.2, 0.25) is 0 Å². The summed E-state index contributed by atoms with van der Waals surface area (Å²) in [5.74, 6) is 0.0502. The van der Waals surface area contributed by atoms with Gasteiger partial charge >= 0.3 is 0 Å². The molecule has 5 rings (SSSR count). The largest absolute Gasteiger partial charge is 0.293 e. The number of hydrogen-bond acceptors (Lipinski definition) is 3. The van der Waals surface area contributed by atoms with Gasteiger partial charge in [0.05, 0.1) is 11.8 Å². The van der Waals surface area contributed by atoms with E-state index in [2.05, 4.69) is 35.3 Å². The molecule has 2 aromatic carbocycles. The number of aromatic nitrogens is 1. The lowest BCUT2D eigenvalue weighted by atomic mass is 9.77. The molecule has 0 spiro atoms. The first-order valence-electron chi connectivity index (χ1n) is 10.5. The van der Waals surface area contributed by atoms with E-state index in [1.165, 1.54) is 11.1 Å². The van der Waals surface area contributed by atoms with Crippen molar-refractivity contribution in [1.29, 1.82) is 0 Å². The molecule has 2 atom stereocenters. The normalized spacial score (nSPS) is 21.9. The maximum atomic E-state index is 13.4. The second kappa shape index (κ2) is 8.07. The van der Waals surface area contributed by atoms with Crippen molar-refractivity contribution >= 4 is 17.7 Å². The molecule has 4 heteroatoms. The maximum Gasteiger partial charge on any atom is 0.293 e. The molecule has 0 bridgehead atoms. The molecule has 4 nitrogen and oxygen atoms in total. The van der Waals surface area contributed by atoms with E-state index in [4.69, 9.17) is 5.10 Å². The van der Waals surface area contributed by atoms with Gasteiger partial charge in [-0.05, 0) is 54.2 Å². The fourth-order valence-corrected chi connectivity index (χ4v) is 4.51. The van der Waals surface area contributed by atoms with Crippen LogP contribution in [-0.4, -0.2) is 21.6 Å². The second-order valence-corrected chi connectivity index (χ2v) is 7.78. The highest BCUT2D eigenvalue weighted by Crippen LogP contribution is 2.44. The minimum Gasteiger partial charge on any atom is -0.265 e. The van der Waals surface area contributed by atoms with E-state index >= 15 is 0 Å². The van der Waals surface area contributed by atoms with Gasteiger partial charge in [-0.1, -0.05) is 66.7 Å². The third-order valence-electron chi connectivity index (χ3n) is 5.88. The van der Waals surface area contributed by atoms with Gasteiger partial charge in [-0.3, -0.25) is 9.78 Å². The van der Waals surface area contributed by atoms with Crippen LogP contribution in [0.3, 0.4) is 0 Å². The van der Waals surface area contributed by atoms with Crippen LogP contribution in [0.25, 0.3) is 6.08 Å². The maximum absolute atomic E-state index is 13.4. The number of hydrogen-bond donors (Lipinski definition) is 0. The van der Waals surface area contributed by atoms with Gasteiger partial charge in [-0.2, -0.15) is 5.10 Å². The van der Waals surface area contributed by atoms with Gasteiger partial charge in [0.25, 0.3) is 5.91 Å². The second-order valence-electron chi connectivity index (χ2n) is 7.78.